The van der Waals surface area contributed by atoms with Crippen molar-refractivity contribution in [2.75, 3.05) is 32.8 Å². The van der Waals surface area contributed by atoms with Gasteiger partial charge in [0.2, 0.25) is 5.91 Å². The molecule has 1 aliphatic carbocycles. The number of likely N-dealkylation sites (tertiary alicyclic amines) is 1. The van der Waals surface area contributed by atoms with Gasteiger partial charge in [-0.05, 0) is 37.5 Å². The molecule has 0 spiro atoms. The molecule has 116 valence electrons. The number of carbonyl (C=O) groups excluding carboxylic acids is 1. The number of nitrogens with zero attached hydrogens (tertiary/aromatic N) is 2. The molecule has 1 aliphatic heterocycles. The number of carbonyl (C=O) groups is 1. The Hall–Kier alpha value is -0.610. The van der Waals surface area contributed by atoms with Crippen LogP contribution in [0.4, 0.5) is 0 Å². The molecule has 2 atom stereocenters. The van der Waals surface area contributed by atoms with Gasteiger partial charge in [0.1, 0.15) is 0 Å². The van der Waals surface area contributed by atoms with Gasteiger partial charge >= 0.3 is 0 Å². The van der Waals surface area contributed by atoms with E-state index in [0.717, 1.165) is 26.1 Å². The molecule has 0 aromatic rings. The number of hydrogen-bond donors (Lipinski definition) is 1. The summed E-state index contributed by atoms with van der Waals surface area (Å²) in [5.41, 5.74) is 0. The van der Waals surface area contributed by atoms with Crippen molar-refractivity contribution in [3.63, 3.8) is 0 Å². The molecule has 2 unspecified atom stereocenters. The fraction of sp³-hybridized carbons (Fsp3) is 0.938. The number of hydrogen-bond acceptors (Lipinski definition) is 3. The van der Waals surface area contributed by atoms with Gasteiger partial charge in [0, 0.05) is 32.3 Å². The van der Waals surface area contributed by atoms with Crippen LogP contribution in [0.3, 0.4) is 0 Å². The molecule has 0 bridgehead atoms. The monoisotopic (exact) mass is 282 g/mol. The van der Waals surface area contributed by atoms with E-state index in [4.69, 9.17) is 5.11 Å². The van der Waals surface area contributed by atoms with E-state index in [1.54, 1.807) is 0 Å². The predicted molar refractivity (Wildman–Crippen MR) is 80.4 cm³/mol. The zero-order valence-corrected chi connectivity index (χ0v) is 13.1. The first-order valence-corrected chi connectivity index (χ1v) is 8.22. The normalized spacial score (nSPS) is 27.7. The van der Waals surface area contributed by atoms with Crippen LogP contribution in [0.15, 0.2) is 0 Å². The Kier molecular flexibility index (Phi) is 5.85. The molecule has 2 aliphatic rings. The van der Waals surface area contributed by atoms with Crippen LogP contribution >= 0.6 is 0 Å². The summed E-state index contributed by atoms with van der Waals surface area (Å²) in [6.45, 7) is 7.94. The maximum absolute atomic E-state index is 12.5. The van der Waals surface area contributed by atoms with Gasteiger partial charge in [-0.1, -0.05) is 20.3 Å². The molecule has 1 saturated carbocycles. The van der Waals surface area contributed by atoms with Gasteiger partial charge in [-0.2, -0.15) is 0 Å². The summed E-state index contributed by atoms with van der Waals surface area (Å²) in [6.07, 6.45) is 5.72. The molecule has 2 fully saturated rings. The van der Waals surface area contributed by atoms with Crippen molar-refractivity contribution in [2.45, 2.75) is 52.0 Å². The molecule has 4 heteroatoms. The lowest BCUT2D eigenvalue weighted by Gasteiger charge is -2.40. The van der Waals surface area contributed by atoms with E-state index in [-0.39, 0.29) is 12.5 Å². The summed E-state index contributed by atoms with van der Waals surface area (Å²) in [7, 11) is 0. The van der Waals surface area contributed by atoms with E-state index in [1.807, 2.05) is 0 Å². The largest absolute Gasteiger partial charge is 0.396 e. The molecule has 1 heterocycles. The lowest BCUT2D eigenvalue weighted by Crippen LogP contribution is -2.50. The molecule has 2 rings (SSSR count). The minimum atomic E-state index is 0.217. The Labute approximate surface area is 123 Å². The summed E-state index contributed by atoms with van der Waals surface area (Å²) in [5, 5.41) is 9.02. The van der Waals surface area contributed by atoms with Gasteiger partial charge in [-0.3, -0.25) is 9.69 Å². The van der Waals surface area contributed by atoms with Crippen molar-refractivity contribution in [1.29, 1.82) is 0 Å². The van der Waals surface area contributed by atoms with Crippen LogP contribution < -0.4 is 0 Å². The summed E-state index contributed by atoms with van der Waals surface area (Å²) in [5.74, 6) is 1.53. The predicted octanol–water partition coefficient (Wildman–Crippen LogP) is 1.73. The van der Waals surface area contributed by atoms with Crippen LogP contribution in [0.2, 0.25) is 0 Å². The molecule has 1 amide bonds. The highest BCUT2D eigenvalue weighted by Gasteiger charge is 2.30. The van der Waals surface area contributed by atoms with Gasteiger partial charge in [0.15, 0.2) is 0 Å². The number of aliphatic hydroxyl groups excluding tert-OH is 1. The molecule has 1 N–H and O–H groups in total. The molecular weight excluding hydrogens is 252 g/mol. The van der Waals surface area contributed by atoms with Crippen LogP contribution in [0.1, 0.15) is 46.0 Å². The van der Waals surface area contributed by atoms with E-state index in [0.29, 0.717) is 24.4 Å². The van der Waals surface area contributed by atoms with Crippen LogP contribution in [0, 0.1) is 11.8 Å². The lowest BCUT2D eigenvalue weighted by atomic mass is 9.90. The van der Waals surface area contributed by atoms with E-state index in [1.165, 1.54) is 25.7 Å². The second kappa shape index (κ2) is 7.41. The SMILES string of the molecule is CC1CC(C)CN(C(=O)CN(CCCO)C2CCC2)C1. The summed E-state index contributed by atoms with van der Waals surface area (Å²) in [4.78, 5) is 16.9. The highest BCUT2D eigenvalue weighted by molar-refractivity contribution is 5.78. The molecule has 0 aromatic carbocycles. The Balaban J connectivity index is 1.86. The molecule has 0 radical (unpaired) electrons. The summed E-state index contributed by atoms with van der Waals surface area (Å²) < 4.78 is 0. The molecular formula is C16H30N2O2. The third-order valence-electron chi connectivity index (χ3n) is 4.75. The molecule has 20 heavy (non-hydrogen) atoms. The van der Waals surface area contributed by atoms with Crippen LogP contribution in [0.25, 0.3) is 0 Å². The number of piperidine rings is 1. The number of rotatable bonds is 6. The van der Waals surface area contributed by atoms with E-state index in [9.17, 15) is 4.79 Å². The maximum Gasteiger partial charge on any atom is 0.236 e. The third-order valence-corrected chi connectivity index (χ3v) is 4.75. The number of aliphatic hydroxyl groups is 1. The second-order valence-corrected chi connectivity index (χ2v) is 6.88. The van der Waals surface area contributed by atoms with Crippen LogP contribution in [-0.4, -0.2) is 59.6 Å². The Morgan fingerprint density at radius 1 is 1.25 bits per heavy atom. The first-order valence-electron chi connectivity index (χ1n) is 8.22. The third kappa shape index (κ3) is 4.19. The average Bonchev–Trinajstić information content (AvgIpc) is 2.32. The Morgan fingerprint density at radius 3 is 2.40 bits per heavy atom. The highest BCUT2D eigenvalue weighted by Crippen LogP contribution is 2.26. The van der Waals surface area contributed by atoms with E-state index in [2.05, 4.69) is 23.6 Å². The smallest absolute Gasteiger partial charge is 0.236 e. The van der Waals surface area contributed by atoms with Gasteiger partial charge in [-0.25, -0.2) is 0 Å². The van der Waals surface area contributed by atoms with Gasteiger partial charge < -0.3 is 10.0 Å². The van der Waals surface area contributed by atoms with Gasteiger partial charge in [0.25, 0.3) is 0 Å². The van der Waals surface area contributed by atoms with E-state index >= 15 is 0 Å². The van der Waals surface area contributed by atoms with Crippen molar-refractivity contribution in [3.05, 3.63) is 0 Å². The fourth-order valence-corrected chi connectivity index (χ4v) is 3.56. The Bertz CT molecular complexity index is 308. The quantitative estimate of drug-likeness (QED) is 0.807. The van der Waals surface area contributed by atoms with Gasteiger partial charge in [-0.15, -0.1) is 0 Å². The number of amides is 1. The summed E-state index contributed by atoms with van der Waals surface area (Å²) >= 11 is 0. The van der Waals surface area contributed by atoms with Crippen molar-refractivity contribution >= 4 is 5.91 Å². The van der Waals surface area contributed by atoms with Crippen molar-refractivity contribution in [2.24, 2.45) is 11.8 Å². The first-order chi connectivity index (χ1) is 9.60. The Morgan fingerprint density at radius 2 is 1.90 bits per heavy atom. The zero-order chi connectivity index (χ0) is 14.5. The first kappa shape index (κ1) is 15.8. The molecule has 0 aromatic heterocycles. The fourth-order valence-electron chi connectivity index (χ4n) is 3.56. The van der Waals surface area contributed by atoms with Crippen molar-refractivity contribution in [1.82, 2.24) is 9.80 Å². The van der Waals surface area contributed by atoms with Crippen LogP contribution in [-0.2, 0) is 4.79 Å². The van der Waals surface area contributed by atoms with E-state index < -0.39 is 0 Å². The summed E-state index contributed by atoms with van der Waals surface area (Å²) in [6, 6.07) is 0.574. The standard InChI is InChI=1S/C16H30N2O2/c1-13-9-14(2)11-18(10-13)16(20)12-17(7-4-8-19)15-5-3-6-15/h13-15,19H,3-12H2,1-2H3. The maximum atomic E-state index is 12.5. The topological polar surface area (TPSA) is 43.8 Å². The van der Waals surface area contributed by atoms with Crippen molar-refractivity contribution in [3.8, 4) is 0 Å². The lowest BCUT2D eigenvalue weighted by molar-refractivity contribution is -0.136. The highest BCUT2D eigenvalue weighted by atomic mass is 16.3. The van der Waals surface area contributed by atoms with Gasteiger partial charge in [0.05, 0.1) is 6.54 Å². The molecule has 1 saturated heterocycles. The van der Waals surface area contributed by atoms with Crippen LogP contribution in [0.5, 0.6) is 0 Å². The average molecular weight is 282 g/mol. The minimum absolute atomic E-state index is 0.217. The second-order valence-electron chi connectivity index (χ2n) is 6.88. The minimum Gasteiger partial charge on any atom is -0.396 e. The zero-order valence-electron chi connectivity index (χ0n) is 13.1. The van der Waals surface area contributed by atoms with Crippen molar-refractivity contribution < 1.29 is 9.90 Å². The molecule has 4 nitrogen and oxygen atoms in total.